The van der Waals surface area contributed by atoms with Crippen molar-refractivity contribution in [3.8, 4) is 11.5 Å². The fourth-order valence-corrected chi connectivity index (χ4v) is 3.36. The lowest BCUT2D eigenvalue weighted by atomic mass is 10.1. The van der Waals surface area contributed by atoms with Crippen molar-refractivity contribution in [2.75, 3.05) is 26.3 Å². The molecule has 0 aliphatic carbocycles. The lowest BCUT2D eigenvalue weighted by Gasteiger charge is -2.36. The molecule has 1 aliphatic heterocycles. The Bertz CT molecular complexity index is 1010. The second-order valence-corrected chi connectivity index (χ2v) is 7.44. The first-order valence-electron chi connectivity index (χ1n) is 10.7. The molecule has 11 nitrogen and oxygen atoms in total. The van der Waals surface area contributed by atoms with E-state index < -0.39 is 34.9 Å². The molecule has 0 aromatic heterocycles. The lowest BCUT2D eigenvalue weighted by molar-refractivity contribution is -0.384. The molecule has 1 aliphatic rings. The zero-order valence-corrected chi connectivity index (χ0v) is 18.5. The summed E-state index contributed by atoms with van der Waals surface area (Å²) >= 11 is 0. The first-order chi connectivity index (χ1) is 16.3. The van der Waals surface area contributed by atoms with Crippen molar-refractivity contribution in [2.45, 2.75) is 25.5 Å². The van der Waals surface area contributed by atoms with Crippen LogP contribution >= 0.6 is 0 Å². The SMILES string of the molecule is CC(Oc1ccc([N+](=O)[O-])cc1)C(=O)N1CCNC(=O)C1CC(=O)OCCOc1ccccc1. The van der Waals surface area contributed by atoms with Crippen LogP contribution in [-0.4, -0.2) is 66.1 Å². The predicted molar refractivity (Wildman–Crippen MR) is 119 cm³/mol. The summed E-state index contributed by atoms with van der Waals surface area (Å²) in [6.07, 6.45) is -1.29. The smallest absolute Gasteiger partial charge is 0.308 e. The number of nitrogens with one attached hydrogen (secondary N) is 1. The van der Waals surface area contributed by atoms with Gasteiger partial charge in [0.2, 0.25) is 5.91 Å². The van der Waals surface area contributed by atoms with E-state index in [4.69, 9.17) is 14.2 Å². The Labute approximate surface area is 195 Å². The molecule has 1 heterocycles. The highest BCUT2D eigenvalue weighted by Gasteiger charge is 2.37. The Kier molecular flexibility index (Phi) is 8.38. The first kappa shape index (κ1) is 24.5. The summed E-state index contributed by atoms with van der Waals surface area (Å²) in [6, 6.07) is 13.3. The van der Waals surface area contributed by atoms with Gasteiger partial charge in [-0.25, -0.2) is 0 Å². The van der Waals surface area contributed by atoms with Gasteiger partial charge in [-0.1, -0.05) is 18.2 Å². The minimum atomic E-state index is -1.04. The first-order valence-corrected chi connectivity index (χ1v) is 10.7. The van der Waals surface area contributed by atoms with Crippen LogP contribution < -0.4 is 14.8 Å². The minimum Gasteiger partial charge on any atom is -0.490 e. The highest BCUT2D eigenvalue weighted by Crippen LogP contribution is 2.20. The van der Waals surface area contributed by atoms with Crippen molar-refractivity contribution >= 4 is 23.5 Å². The maximum absolute atomic E-state index is 13.0. The number of carbonyl (C=O) groups is 3. The van der Waals surface area contributed by atoms with Gasteiger partial charge in [0.15, 0.2) is 6.10 Å². The average Bonchev–Trinajstić information content (AvgIpc) is 2.83. The summed E-state index contributed by atoms with van der Waals surface area (Å²) in [5.41, 5.74) is -0.105. The second-order valence-electron chi connectivity index (χ2n) is 7.44. The highest BCUT2D eigenvalue weighted by molar-refractivity contribution is 5.93. The molecule has 180 valence electrons. The molecular weight excluding hydrogens is 446 g/mol. The van der Waals surface area contributed by atoms with E-state index in [0.29, 0.717) is 5.75 Å². The largest absolute Gasteiger partial charge is 0.490 e. The Morgan fingerprint density at radius 3 is 2.50 bits per heavy atom. The van der Waals surface area contributed by atoms with Crippen molar-refractivity contribution in [2.24, 2.45) is 0 Å². The number of carbonyl (C=O) groups excluding carboxylic acids is 3. The Morgan fingerprint density at radius 2 is 1.82 bits per heavy atom. The number of nitro benzene ring substituents is 1. The van der Waals surface area contributed by atoms with Crippen molar-refractivity contribution < 1.29 is 33.5 Å². The van der Waals surface area contributed by atoms with Gasteiger partial charge in [-0.05, 0) is 31.2 Å². The Hall–Kier alpha value is -4.15. The summed E-state index contributed by atoms with van der Waals surface area (Å²) in [5.74, 6) is -0.676. The van der Waals surface area contributed by atoms with Crippen LogP contribution in [0.3, 0.4) is 0 Å². The third-order valence-corrected chi connectivity index (χ3v) is 5.04. The van der Waals surface area contributed by atoms with E-state index in [9.17, 15) is 24.5 Å². The summed E-state index contributed by atoms with van der Waals surface area (Å²) in [4.78, 5) is 49.2. The third-order valence-electron chi connectivity index (χ3n) is 5.04. The van der Waals surface area contributed by atoms with Crippen LogP contribution in [0, 0.1) is 10.1 Å². The summed E-state index contributed by atoms with van der Waals surface area (Å²) in [5, 5.41) is 13.4. The van der Waals surface area contributed by atoms with Gasteiger partial charge in [0.05, 0.1) is 11.3 Å². The number of amides is 2. The number of ether oxygens (including phenoxy) is 3. The van der Waals surface area contributed by atoms with Crippen molar-refractivity contribution in [3.63, 3.8) is 0 Å². The van der Waals surface area contributed by atoms with Crippen molar-refractivity contribution in [1.29, 1.82) is 0 Å². The quantitative estimate of drug-likeness (QED) is 0.239. The molecule has 2 atom stereocenters. The molecule has 2 aromatic carbocycles. The number of hydrogen-bond donors (Lipinski definition) is 1. The zero-order chi connectivity index (χ0) is 24.5. The van der Waals surface area contributed by atoms with E-state index in [-0.39, 0.29) is 44.2 Å². The van der Waals surface area contributed by atoms with Crippen LogP contribution in [0.4, 0.5) is 5.69 Å². The number of rotatable bonds is 10. The Balaban J connectivity index is 1.53. The zero-order valence-electron chi connectivity index (χ0n) is 18.5. The fourth-order valence-electron chi connectivity index (χ4n) is 3.36. The van der Waals surface area contributed by atoms with Crippen LogP contribution in [0.15, 0.2) is 54.6 Å². The molecule has 2 unspecified atom stereocenters. The maximum atomic E-state index is 13.0. The van der Waals surface area contributed by atoms with Gasteiger partial charge in [-0.3, -0.25) is 24.5 Å². The number of para-hydroxylation sites is 1. The highest BCUT2D eigenvalue weighted by atomic mass is 16.6. The monoisotopic (exact) mass is 471 g/mol. The van der Waals surface area contributed by atoms with Crippen molar-refractivity contribution in [3.05, 3.63) is 64.7 Å². The number of nitrogens with zero attached hydrogens (tertiary/aromatic N) is 2. The molecule has 1 saturated heterocycles. The minimum absolute atomic E-state index is 0.00429. The predicted octanol–water partition coefficient (Wildman–Crippen LogP) is 1.70. The molecule has 1 fully saturated rings. The van der Waals surface area contributed by atoms with Crippen molar-refractivity contribution in [1.82, 2.24) is 10.2 Å². The number of benzene rings is 2. The van der Waals surface area contributed by atoms with E-state index in [0.717, 1.165) is 0 Å². The molecule has 2 aromatic rings. The summed E-state index contributed by atoms with van der Waals surface area (Å²) in [7, 11) is 0. The number of nitro groups is 1. The standard InChI is InChI=1S/C23H25N3O8/c1-16(34-19-9-7-17(8-10-19)26(30)31)23(29)25-12-11-24-22(28)20(25)15-21(27)33-14-13-32-18-5-3-2-4-6-18/h2-10,16,20H,11-15H2,1H3,(H,24,28). The van der Waals surface area contributed by atoms with Gasteiger partial charge in [0.1, 0.15) is 30.8 Å². The molecule has 0 bridgehead atoms. The topological polar surface area (TPSA) is 137 Å². The van der Waals surface area contributed by atoms with Crippen LogP contribution in [0.2, 0.25) is 0 Å². The number of non-ortho nitro benzene ring substituents is 1. The second kappa shape index (κ2) is 11.6. The number of hydrogen-bond acceptors (Lipinski definition) is 8. The Morgan fingerprint density at radius 1 is 1.12 bits per heavy atom. The van der Waals surface area contributed by atoms with Gasteiger partial charge in [-0.2, -0.15) is 0 Å². The van der Waals surface area contributed by atoms with Gasteiger partial charge in [0.25, 0.3) is 11.6 Å². The van der Waals surface area contributed by atoms with E-state index in [1.807, 2.05) is 18.2 Å². The van der Waals surface area contributed by atoms with Crippen LogP contribution in [0.5, 0.6) is 11.5 Å². The molecule has 3 rings (SSSR count). The number of piperazine rings is 1. The van der Waals surface area contributed by atoms with Gasteiger partial charge >= 0.3 is 5.97 Å². The van der Waals surface area contributed by atoms with E-state index in [1.54, 1.807) is 12.1 Å². The maximum Gasteiger partial charge on any atom is 0.308 e. The van der Waals surface area contributed by atoms with Crippen LogP contribution in [-0.2, 0) is 19.1 Å². The van der Waals surface area contributed by atoms with E-state index >= 15 is 0 Å². The fraction of sp³-hybridized carbons (Fsp3) is 0.348. The average molecular weight is 471 g/mol. The third kappa shape index (κ3) is 6.67. The van der Waals surface area contributed by atoms with Crippen LogP contribution in [0.25, 0.3) is 0 Å². The molecule has 2 amide bonds. The van der Waals surface area contributed by atoms with Gasteiger partial charge in [-0.15, -0.1) is 0 Å². The molecular formula is C23H25N3O8. The lowest BCUT2D eigenvalue weighted by Crippen LogP contribution is -2.60. The molecule has 1 N–H and O–H groups in total. The summed E-state index contributed by atoms with van der Waals surface area (Å²) in [6.45, 7) is 2.09. The molecule has 11 heteroatoms. The van der Waals surface area contributed by atoms with E-state index in [2.05, 4.69) is 5.32 Å². The molecule has 0 spiro atoms. The number of esters is 1. The molecule has 34 heavy (non-hydrogen) atoms. The van der Waals surface area contributed by atoms with E-state index in [1.165, 1.54) is 36.1 Å². The summed E-state index contributed by atoms with van der Waals surface area (Å²) < 4.78 is 16.2. The molecule has 0 radical (unpaired) electrons. The normalized spacial score (nSPS) is 16.2. The van der Waals surface area contributed by atoms with Gasteiger partial charge < -0.3 is 24.4 Å². The van der Waals surface area contributed by atoms with Crippen LogP contribution in [0.1, 0.15) is 13.3 Å². The van der Waals surface area contributed by atoms with Gasteiger partial charge in [0, 0.05) is 25.2 Å². The molecule has 0 saturated carbocycles.